The van der Waals surface area contributed by atoms with E-state index in [0.29, 0.717) is 29.2 Å². The third kappa shape index (κ3) is 5.56. The minimum Gasteiger partial charge on any atom is -0.478 e. The van der Waals surface area contributed by atoms with Crippen molar-refractivity contribution in [2.24, 2.45) is 13.0 Å². The zero-order valence-electron chi connectivity index (χ0n) is 22.0. The van der Waals surface area contributed by atoms with Crippen LogP contribution < -0.4 is 0 Å². The van der Waals surface area contributed by atoms with Crippen molar-refractivity contribution in [3.63, 3.8) is 0 Å². The van der Waals surface area contributed by atoms with E-state index in [0.717, 1.165) is 28.8 Å². The molecule has 0 amide bonds. The van der Waals surface area contributed by atoms with E-state index >= 15 is 0 Å². The first kappa shape index (κ1) is 30.1. The van der Waals surface area contributed by atoms with Gasteiger partial charge in [-0.05, 0) is 60.6 Å². The molecule has 6 rings (SSSR count). The van der Waals surface area contributed by atoms with Crippen LogP contribution in [0.3, 0.4) is 0 Å². The van der Waals surface area contributed by atoms with Crippen LogP contribution in [0.5, 0.6) is 0 Å². The summed E-state index contributed by atoms with van der Waals surface area (Å²) in [5.41, 5.74) is 4.87. The second-order valence-electron chi connectivity index (χ2n) is 10.8. The van der Waals surface area contributed by atoms with Crippen molar-refractivity contribution >= 4 is 16.0 Å². The molecule has 11 heteroatoms. The van der Waals surface area contributed by atoms with E-state index in [1.54, 1.807) is 26.8 Å². The summed E-state index contributed by atoms with van der Waals surface area (Å²) in [5.74, 6) is -0.848. The number of hydrogen-bond donors (Lipinski definition) is 1. The van der Waals surface area contributed by atoms with Crippen LogP contribution in [0.4, 0.5) is 0 Å². The molecule has 2 aromatic heterocycles. The fourth-order valence-electron chi connectivity index (χ4n) is 5.68. The van der Waals surface area contributed by atoms with Gasteiger partial charge in [0.2, 0.25) is 10.0 Å². The summed E-state index contributed by atoms with van der Waals surface area (Å²) in [6.45, 7) is 4.60. The topological polar surface area (TPSA) is 123 Å². The molecule has 1 aliphatic carbocycles. The van der Waals surface area contributed by atoms with Gasteiger partial charge in [-0.15, -0.1) is 5.10 Å². The Morgan fingerprint density at radius 3 is 2.61 bits per heavy atom. The highest BCUT2D eigenvalue weighted by Gasteiger charge is 2.46. The average molecular weight is 579 g/mol. The molecule has 1 N–H and O–H groups in total. The van der Waals surface area contributed by atoms with Gasteiger partial charge in [0, 0.05) is 38.2 Å². The molecular weight excluding hydrogens is 540 g/mol. The molecule has 0 spiro atoms. The quantitative estimate of drug-likeness (QED) is 0.344. The largest absolute Gasteiger partial charge is 0.478 e. The highest BCUT2D eigenvalue weighted by Crippen LogP contribution is 2.55. The lowest BCUT2D eigenvalue weighted by Gasteiger charge is -2.23. The van der Waals surface area contributed by atoms with Gasteiger partial charge in [-0.3, -0.25) is 4.68 Å². The number of hydrogen-bond acceptors (Lipinski definition) is 6. The second kappa shape index (κ2) is 11.2. The molecule has 0 bridgehead atoms. The Hall–Kier alpha value is -3.83. The summed E-state index contributed by atoms with van der Waals surface area (Å²) >= 11 is 0. The molecule has 2 aromatic carbocycles. The number of benzene rings is 2. The monoisotopic (exact) mass is 578 g/mol. The van der Waals surface area contributed by atoms with Crippen molar-refractivity contribution < 1.29 is 18.3 Å². The smallest absolute Gasteiger partial charge is 0.339 e. The number of sulfonamides is 1. The number of aromatic carboxylic acids is 1. The number of carbonyl (C=O) groups is 1. The predicted molar refractivity (Wildman–Crippen MR) is 157 cm³/mol. The Kier molecular flexibility index (Phi) is 8.24. The van der Waals surface area contributed by atoms with Crippen LogP contribution in [0.25, 0.3) is 5.69 Å². The molecule has 1 fully saturated rings. The molecular formula is C30H38N6O4S. The first-order valence-corrected chi connectivity index (χ1v) is 14.4. The lowest BCUT2D eigenvalue weighted by molar-refractivity contribution is 0.0695. The number of carboxylic acid groups (broad SMARTS) is 1. The van der Waals surface area contributed by atoms with Crippen LogP contribution in [0.1, 0.15) is 78.5 Å². The van der Waals surface area contributed by atoms with Crippen LogP contribution in [0.2, 0.25) is 0 Å². The summed E-state index contributed by atoms with van der Waals surface area (Å²) < 4.78 is 32.3. The number of aryl methyl sites for hydroxylation is 2. The lowest BCUT2D eigenvalue weighted by atomic mass is 10.00. The maximum absolute atomic E-state index is 13.7. The lowest BCUT2D eigenvalue weighted by Crippen LogP contribution is -2.32. The molecule has 10 nitrogen and oxygen atoms in total. The van der Waals surface area contributed by atoms with Crippen molar-refractivity contribution in [3.05, 3.63) is 88.5 Å². The predicted octanol–water partition coefficient (Wildman–Crippen LogP) is 4.93. The van der Waals surface area contributed by atoms with Gasteiger partial charge < -0.3 is 5.11 Å². The van der Waals surface area contributed by atoms with Gasteiger partial charge in [0.25, 0.3) is 0 Å². The Morgan fingerprint density at radius 2 is 1.90 bits per heavy atom. The van der Waals surface area contributed by atoms with Gasteiger partial charge in [-0.2, -0.15) is 9.40 Å². The third-order valence-corrected chi connectivity index (χ3v) is 9.51. The highest BCUT2D eigenvalue weighted by molar-refractivity contribution is 7.89. The standard InChI is InChI=1S/C28H30N6O4S.2CH4/c1-17-7-8-20-9-18(2)14-33(39(37,38)26(20)10-17)15-19-5-4-6-21(11-19)34-27(24(13-29-34)28(35)36)23-12-22(23)25-16-32(3)31-30-25;;/h4-8,10-11,13,16,18,22-23H,9,12,14-15H2,1-3H3,(H,35,36);2*1H4/t18-,22+,23+;;/m0../s1. The SMILES string of the molecule is C.C.Cc1ccc2c(c1)S(=O)(=O)N(Cc1cccc(-n3ncc(C(=O)O)c3[C@@H]3C[C@H]3c3cn(C)nn3)c1)C[C@@H](C)C2. The molecule has 0 radical (unpaired) electrons. The molecule has 1 aliphatic heterocycles. The van der Waals surface area contributed by atoms with E-state index in [1.165, 1.54) is 6.20 Å². The van der Waals surface area contributed by atoms with Crippen molar-refractivity contribution in [2.45, 2.75) is 64.8 Å². The first-order valence-electron chi connectivity index (χ1n) is 13.0. The number of rotatable bonds is 6. The van der Waals surface area contributed by atoms with Crippen LogP contribution in [0.15, 0.2) is 59.8 Å². The van der Waals surface area contributed by atoms with Crippen molar-refractivity contribution in [2.75, 3.05) is 6.54 Å². The van der Waals surface area contributed by atoms with E-state index in [4.69, 9.17) is 0 Å². The summed E-state index contributed by atoms with van der Waals surface area (Å²) in [6.07, 6.45) is 4.70. The Labute approximate surface area is 241 Å². The molecule has 3 heterocycles. The molecule has 3 atom stereocenters. The number of aromatic nitrogens is 5. The Morgan fingerprint density at radius 1 is 1.12 bits per heavy atom. The van der Waals surface area contributed by atoms with E-state index in [2.05, 4.69) is 22.3 Å². The van der Waals surface area contributed by atoms with Crippen LogP contribution in [0, 0.1) is 12.8 Å². The van der Waals surface area contributed by atoms with E-state index < -0.39 is 16.0 Å². The summed E-state index contributed by atoms with van der Waals surface area (Å²) in [5, 5.41) is 22.6. The summed E-state index contributed by atoms with van der Waals surface area (Å²) in [4.78, 5) is 12.5. The van der Waals surface area contributed by atoms with Crippen molar-refractivity contribution in [3.8, 4) is 5.69 Å². The van der Waals surface area contributed by atoms with Gasteiger partial charge in [0.05, 0.1) is 28.2 Å². The van der Waals surface area contributed by atoms with Gasteiger partial charge >= 0.3 is 5.97 Å². The molecule has 2 aliphatic rings. The first-order chi connectivity index (χ1) is 18.6. The maximum atomic E-state index is 13.7. The molecule has 218 valence electrons. The second-order valence-corrected chi connectivity index (χ2v) is 12.7. The fraction of sp³-hybridized carbons (Fsp3) is 0.400. The zero-order valence-corrected chi connectivity index (χ0v) is 22.8. The minimum absolute atomic E-state index is 0. The normalized spacial score (nSPS) is 21.2. The molecule has 0 saturated heterocycles. The van der Waals surface area contributed by atoms with Crippen molar-refractivity contribution in [1.82, 2.24) is 29.1 Å². The van der Waals surface area contributed by atoms with Gasteiger partial charge in [-0.1, -0.05) is 51.3 Å². The van der Waals surface area contributed by atoms with Gasteiger partial charge in [0.15, 0.2) is 0 Å². The third-order valence-electron chi connectivity index (χ3n) is 7.62. The van der Waals surface area contributed by atoms with Crippen LogP contribution in [-0.2, 0) is 30.0 Å². The van der Waals surface area contributed by atoms with Gasteiger partial charge in [-0.25, -0.2) is 17.9 Å². The fourth-order valence-corrected chi connectivity index (χ4v) is 7.54. The zero-order chi connectivity index (χ0) is 27.5. The minimum atomic E-state index is -3.69. The van der Waals surface area contributed by atoms with Crippen LogP contribution in [-0.4, -0.2) is 55.1 Å². The molecule has 0 unspecified atom stereocenters. The molecule has 41 heavy (non-hydrogen) atoms. The molecule has 1 saturated carbocycles. The number of fused-ring (bicyclic) bond motifs is 1. The Balaban J connectivity index is 0.00000194. The van der Waals surface area contributed by atoms with E-state index in [1.807, 2.05) is 49.5 Å². The van der Waals surface area contributed by atoms with Gasteiger partial charge in [0.1, 0.15) is 5.56 Å². The van der Waals surface area contributed by atoms with Crippen molar-refractivity contribution in [1.29, 1.82) is 0 Å². The summed E-state index contributed by atoms with van der Waals surface area (Å²) in [7, 11) is -1.88. The van der Waals surface area contributed by atoms with E-state index in [-0.39, 0.29) is 44.7 Å². The number of nitrogens with zero attached hydrogens (tertiary/aromatic N) is 6. The highest BCUT2D eigenvalue weighted by atomic mass is 32.2. The van der Waals surface area contributed by atoms with E-state index in [9.17, 15) is 18.3 Å². The van der Waals surface area contributed by atoms with Crippen LogP contribution >= 0.6 is 0 Å². The summed E-state index contributed by atoms with van der Waals surface area (Å²) in [6, 6.07) is 13.2. The number of carboxylic acids is 1. The maximum Gasteiger partial charge on any atom is 0.339 e. The molecule has 4 aromatic rings. The average Bonchev–Trinajstić information content (AvgIpc) is 3.36. The Bertz CT molecular complexity index is 1690.